The Bertz CT molecular complexity index is 721. The zero-order valence-electron chi connectivity index (χ0n) is 12.3. The molecule has 0 spiro atoms. The van der Waals surface area contributed by atoms with Crippen LogP contribution in [0.5, 0.6) is 0 Å². The van der Waals surface area contributed by atoms with Gasteiger partial charge in [0, 0.05) is 23.7 Å². The van der Waals surface area contributed by atoms with E-state index < -0.39 is 0 Å². The summed E-state index contributed by atoms with van der Waals surface area (Å²) < 4.78 is 6.05. The third-order valence-electron chi connectivity index (χ3n) is 3.71. The standard InChI is InChI=1S/C17H19N3O/c1-3-14-15-6-4-5-7-16(15)21-17(14)12(2)19-10-13-8-9-18-11-20-13/h4-9,11-12,19H,3,10H2,1-2H3. The Labute approximate surface area is 124 Å². The molecule has 21 heavy (non-hydrogen) atoms. The van der Waals surface area contributed by atoms with Gasteiger partial charge >= 0.3 is 0 Å². The van der Waals surface area contributed by atoms with E-state index in [9.17, 15) is 0 Å². The minimum absolute atomic E-state index is 0.141. The molecule has 0 amide bonds. The summed E-state index contributed by atoms with van der Waals surface area (Å²) in [7, 11) is 0. The van der Waals surface area contributed by atoms with Crippen LogP contribution in [0, 0.1) is 0 Å². The zero-order chi connectivity index (χ0) is 14.7. The molecule has 2 heterocycles. The van der Waals surface area contributed by atoms with Crippen LogP contribution in [0.3, 0.4) is 0 Å². The van der Waals surface area contributed by atoms with E-state index in [0.29, 0.717) is 6.54 Å². The summed E-state index contributed by atoms with van der Waals surface area (Å²) in [6.45, 7) is 4.99. The van der Waals surface area contributed by atoms with E-state index in [-0.39, 0.29) is 6.04 Å². The van der Waals surface area contributed by atoms with Crippen molar-refractivity contribution in [1.82, 2.24) is 15.3 Å². The van der Waals surface area contributed by atoms with Gasteiger partial charge in [0.05, 0.1) is 11.7 Å². The lowest BCUT2D eigenvalue weighted by Gasteiger charge is -2.12. The van der Waals surface area contributed by atoms with Crippen molar-refractivity contribution < 1.29 is 4.42 Å². The Balaban J connectivity index is 1.82. The molecule has 0 bridgehead atoms. The summed E-state index contributed by atoms with van der Waals surface area (Å²) >= 11 is 0. The molecule has 0 aliphatic carbocycles. The van der Waals surface area contributed by atoms with Crippen LogP contribution in [0.4, 0.5) is 0 Å². The largest absolute Gasteiger partial charge is 0.459 e. The van der Waals surface area contributed by atoms with E-state index in [1.54, 1.807) is 12.5 Å². The number of furan rings is 1. The number of hydrogen-bond acceptors (Lipinski definition) is 4. The third kappa shape index (κ3) is 2.81. The molecule has 3 rings (SSSR count). The Kier molecular flexibility index (Phi) is 3.97. The molecule has 1 atom stereocenters. The van der Waals surface area contributed by atoms with Crippen molar-refractivity contribution in [2.24, 2.45) is 0 Å². The summed E-state index contributed by atoms with van der Waals surface area (Å²) in [4.78, 5) is 8.15. The Morgan fingerprint density at radius 2 is 2.10 bits per heavy atom. The number of para-hydroxylation sites is 1. The SMILES string of the molecule is CCc1c(C(C)NCc2ccncn2)oc2ccccc12. The molecular weight excluding hydrogens is 262 g/mol. The highest BCUT2D eigenvalue weighted by Gasteiger charge is 2.17. The molecule has 1 aromatic carbocycles. The van der Waals surface area contributed by atoms with Crippen LogP contribution in [0.2, 0.25) is 0 Å². The lowest BCUT2D eigenvalue weighted by molar-refractivity contribution is 0.444. The van der Waals surface area contributed by atoms with Gasteiger partial charge in [-0.2, -0.15) is 0 Å². The number of nitrogens with zero attached hydrogens (tertiary/aromatic N) is 2. The number of aryl methyl sites for hydroxylation is 1. The fraction of sp³-hybridized carbons (Fsp3) is 0.294. The number of fused-ring (bicyclic) bond motifs is 1. The van der Waals surface area contributed by atoms with Crippen molar-refractivity contribution in [2.45, 2.75) is 32.9 Å². The van der Waals surface area contributed by atoms with E-state index in [0.717, 1.165) is 23.5 Å². The lowest BCUT2D eigenvalue weighted by atomic mass is 10.1. The van der Waals surface area contributed by atoms with Gasteiger partial charge in [-0.3, -0.25) is 0 Å². The van der Waals surface area contributed by atoms with Crippen LogP contribution in [-0.4, -0.2) is 9.97 Å². The van der Waals surface area contributed by atoms with Gasteiger partial charge < -0.3 is 9.73 Å². The van der Waals surface area contributed by atoms with E-state index in [2.05, 4.69) is 41.3 Å². The minimum atomic E-state index is 0.141. The lowest BCUT2D eigenvalue weighted by Crippen LogP contribution is -2.19. The van der Waals surface area contributed by atoms with Crippen LogP contribution < -0.4 is 5.32 Å². The first-order chi connectivity index (χ1) is 10.3. The first-order valence-corrected chi connectivity index (χ1v) is 7.28. The van der Waals surface area contributed by atoms with Crippen LogP contribution in [0.15, 0.2) is 47.3 Å². The van der Waals surface area contributed by atoms with Crippen molar-refractivity contribution in [1.29, 1.82) is 0 Å². The second-order valence-corrected chi connectivity index (χ2v) is 5.10. The fourth-order valence-corrected chi connectivity index (χ4v) is 2.61. The van der Waals surface area contributed by atoms with Gasteiger partial charge in [-0.05, 0) is 25.5 Å². The highest BCUT2D eigenvalue weighted by atomic mass is 16.3. The molecule has 0 fully saturated rings. The molecule has 4 nitrogen and oxygen atoms in total. The molecule has 0 saturated carbocycles. The molecule has 0 aliphatic rings. The molecule has 108 valence electrons. The smallest absolute Gasteiger partial charge is 0.134 e. The summed E-state index contributed by atoms with van der Waals surface area (Å²) in [6.07, 6.45) is 4.29. The number of hydrogen-bond donors (Lipinski definition) is 1. The normalized spacial score (nSPS) is 12.7. The van der Waals surface area contributed by atoms with Crippen LogP contribution in [0.25, 0.3) is 11.0 Å². The average molecular weight is 281 g/mol. The van der Waals surface area contributed by atoms with Crippen molar-refractivity contribution in [3.05, 3.63) is 59.9 Å². The highest BCUT2D eigenvalue weighted by molar-refractivity contribution is 5.82. The molecule has 1 N–H and O–H groups in total. The average Bonchev–Trinajstić information content (AvgIpc) is 2.92. The number of aromatic nitrogens is 2. The van der Waals surface area contributed by atoms with E-state index in [1.807, 2.05) is 18.2 Å². The predicted molar refractivity (Wildman–Crippen MR) is 82.9 cm³/mol. The molecule has 0 aliphatic heterocycles. The van der Waals surface area contributed by atoms with Crippen LogP contribution >= 0.6 is 0 Å². The van der Waals surface area contributed by atoms with Gasteiger partial charge in [-0.15, -0.1) is 0 Å². The van der Waals surface area contributed by atoms with Crippen molar-refractivity contribution in [2.75, 3.05) is 0 Å². The van der Waals surface area contributed by atoms with Crippen molar-refractivity contribution in [3.8, 4) is 0 Å². The summed E-state index contributed by atoms with van der Waals surface area (Å²) in [5, 5.41) is 4.68. The number of rotatable bonds is 5. The summed E-state index contributed by atoms with van der Waals surface area (Å²) in [5.41, 5.74) is 3.22. The van der Waals surface area contributed by atoms with E-state index in [1.165, 1.54) is 10.9 Å². The second-order valence-electron chi connectivity index (χ2n) is 5.10. The van der Waals surface area contributed by atoms with Gasteiger partial charge in [-0.25, -0.2) is 9.97 Å². The molecule has 2 aromatic heterocycles. The summed E-state index contributed by atoms with van der Waals surface area (Å²) in [5.74, 6) is 1.02. The first kappa shape index (κ1) is 13.8. The topological polar surface area (TPSA) is 51.0 Å². The first-order valence-electron chi connectivity index (χ1n) is 7.28. The maximum absolute atomic E-state index is 6.05. The number of benzene rings is 1. The monoisotopic (exact) mass is 281 g/mol. The van der Waals surface area contributed by atoms with Gasteiger partial charge in [0.15, 0.2) is 0 Å². The van der Waals surface area contributed by atoms with E-state index in [4.69, 9.17) is 4.42 Å². The minimum Gasteiger partial charge on any atom is -0.459 e. The fourth-order valence-electron chi connectivity index (χ4n) is 2.61. The molecule has 0 radical (unpaired) electrons. The second kappa shape index (κ2) is 6.06. The van der Waals surface area contributed by atoms with Crippen LogP contribution in [-0.2, 0) is 13.0 Å². The highest BCUT2D eigenvalue weighted by Crippen LogP contribution is 2.30. The Morgan fingerprint density at radius 3 is 2.86 bits per heavy atom. The maximum atomic E-state index is 6.05. The van der Waals surface area contributed by atoms with Gasteiger partial charge in [0.25, 0.3) is 0 Å². The quantitative estimate of drug-likeness (QED) is 0.775. The van der Waals surface area contributed by atoms with Gasteiger partial charge in [0.1, 0.15) is 17.7 Å². The maximum Gasteiger partial charge on any atom is 0.134 e. The van der Waals surface area contributed by atoms with Crippen LogP contribution in [0.1, 0.15) is 36.9 Å². The summed E-state index contributed by atoms with van der Waals surface area (Å²) in [6, 6.07) is 10.3. The zero-order valence-corrected chi connectivity index (χ0v) is 12.3. The van der Waals surface area contributed by atoms with E-state index >= 15 is 0 Å². The van der Waals surface area contributed by atoms with Gasteiger partial charge in [0.2, 0.25) is 0 Å². The Morgan fingerprint density at radius 1 is 1.24 bits per heavy atom. The Hall–Kier alpha value is -2.20. The van der Waals surface area contributed by atoms with Crippen molar-refractivity contribution >= 4 is 11.0 Å². The van der Waals surface area contributed by atoms with Crippen molar-refractivity contribution in [3.63, 3.8) is 0 Å². The predicted octanol–water partition coefficient (Wildman–Crippen LogP) is 3.64. The van der Waals surface area contributed by atoms with Gasteiger partial charge in [-0.1, -0.05) is 25.1 Å². The molecule has 3 aromatic rings. The molecular formula is C17H19N3O. The number of nitrogens with one attached hydrogen (secondary N) is 1. The molecule has 0 saturated heterocycles. The molecule has 1 unspecified atom stereocenters. The third-order valence-corrected chi connectivity index (χ3v) is 3.71. The molecule has 4 heteroatoms.